The highest BCUT2D eigenvalue weighted by molar-refractivity contribution is 5.88. The maximum atomic E-state index is 13.3. The molecule has 8 heteroatoms. The summed E-state index contributed by atoms with van der Waals surface area (Å²) in [5.74, 6) is -0.684. The summed E-state index contributed by atoms with van der Waals surface area (Å²) >= 11 is 0. The third-order valence-electron chi connectivity index (χ3n) is 6.06. The molecular formula is C23H33NO7. The number of esters is 1. The van der Waals surface area contributed by atoms with Crippen molar-refractivity contribution in [3.63, 3.8) is 0 Å². The Kier molecular flexibility index (Phi) is 8.08. The minimum absolute atomic E-state index is 0.00270. The number of pyridine rings is 1. The highest BCUT2D eigenvalue weighted by Crippen LogP contribution is 2.45. The fourth-order valence-electron chi connectivity index (χ4n) is 4.53. The second-order valence-electron chi connectivity index (χ2n) is 8.50. The Labute approximate surface area is 182 Å². The molecule has 1 aliphatic carbocycles. The molecule has 8 nitrogen and oxygen atoms in total. The van der Waals surface area contributed by atoms with Gasteiger partial charge in [0, 0.05) is 12.0 Å². The van der Waals surface area contributed by atoms with Crippen molar-refractivity contribution in [1.29, 1.82) is 0 Å². The molecule has 3 N–H and O–H groups in total. The molecule has 0 radical (unpaired) electrons. The Bertz CT molecular complexity index is 875. The number of carbonyl (C=O) groups is 1. The molecule has 1 aliphatic rings. The largest absolute Gasteiger partial charge is 0.507 e. The Morgan fingerprint density at radius 1 is 1.32 bits per heavy atom. The second-order valence-corrected chi connectivity index (χ2v) is 8.50. The van der Waals surface area contributed by atoms with Gasteiger partial charge < -0.3 is 24.9 Å². The fraction of sp³-hybridized carbons (Fsp3) is 0.565. The number of nitrogens with zero attached hydrogens (tertiary/aromatic N) is 1. The van der Waals surface area contributed by atoms with Crippen molar-refractivity contribution in [2.45, 2.75) is 57.8 Å². The molecule has 0 aromatic carbocycles. The fourth-order valence-corrected chi connectivity index (χ4v) is 4.53. The Balaban J connectivity index is 2.51. The molecule has 0 saturated heterocycles. The standard InChI is InChI=1S/C23H33NO7/c1-7-16-11-12(2)10-13(3)18(16)19-17(26)8-9-24(22(19)28)31-21(20(27)15(5)25)14(4)23(29)30-6/h7-9,12-13,15-16,18,20-21,25-27H,1,4,10-11H2,2-3,5-6H3/t12-,13+,15-,16-,18-,20-,21-/m1/s1. The molecular weight excluding hydrogens is 402 g/mol. The van der Waals surface area contributed by atoms with Crippen LogP contribution in [0.5, 0.6) is 5.75 Å². The lowest BCUT2D eigenvalue weighted by atomic mass is 9.66. The number of rotatable bonds is 8. The van der Waals surface area contributed by atoms with Crippen LogP contribution >= 0.6 is 0 Å². The number of aromatic nitrogens is 1. The van der Waals surface area contributed by atoms with E-state index in [0.717, 1.165) is 24.7 Å². The predicted octanol–water partition coefficient (Wildman–Crippen LogP) is 1.77. The zero-order valence-electron chi connectivity index (χ0n) is 18.5. The molecule has 1 heterocycles. The molecule has 7 atom stereocenters. The summed E-state index contributed by atoms with van der Waals surface area (Å²) in [5.41, 5.74) is -0.680. The molecule has 1 aromatic heterocycles. The van der Waals surface area contributed by atoms with Crippen LogP contribution in [0.15, 0.2) is 41.9 Å². The van der Waals surface area contributed by atoms with Crippen LogP contribution < -0.4 is 10.4 Å². The van der Waals surface area contributed by atoms with Crippen molar-refractivity contribution < 1.29 is 29.7 Å². The lowest BCUT2D eigenvalue weighted by Gasteiger charge is -2.38. The van der Waals surface area contributed by atoms with Crippen molar-refractivity contribution in [3.05, 3.63) is 53.0 Å². The molecule has 0 bridgehead atoms. The van der Waals surface area contributed by atoms with Gasteiger partial charge in [-0.2, -0.15) is 4.73 Å². The molecule has 1 saturated carbocycles. The number of aliphatic hydroxyl groups is 2. The van der Waals surface area contributed by atoms with Crippen LogP contribution in [0, 0.1) is 17.8 Å². The van der Waals surface area contributed by atoms with Crippen LogP contribution in [-0.2, 0) is 9.53 Å². The van der Waals surface area contributed by atoms with Gasteiger partial charge in [0.05, 0.1) is 30.5 Å². The average Bonchev–Trinajstić information content (AvgIpc) is 2.72. The number of aliphatic hydroxyl groups excluding tert-OH is 2. The van der Waals surface area contributed by atoms with E-state index in [1.165, 1.54) is 19.2 Å². The highest BCUT2D eigenvalue weighted by atomic mass is 16.7. The summed E-state index contributed by atoms with van der Waals surface area (Å²) in [4.78, 5) is 30.9. The van der Waals surface area contributed by atoms with Crippen molar-refractivity contribution in [1.82, 2.24) is 4.73 Å². The normalized spacial score (nSPS) is 26.4. The number of hydrogen-bond acceptors (Lipinski definition) is 7. The third-order valence-corrected chi connectivity index (χ3v) is 6.06. The molecule has 0 spiro atoms. The van der Waals surface area contributed by atoms with Crippen LogP contribution in [0.2, 0.25) is 0 Å². The molecule has 1 aromatic rings. The van der Waals surface area contributed by atoms with Crippen LogP contribution in [-0.4, -0.2) is 51.4 Å². The number of aromatic hydroxyl groups is 1. The monoisotopic (exact) mass is 435 g/mol. The van der Waals surface area contributed by atoms with E-state index in [0.29, 0.717) is 5.92 Å². The van der Waals surface area contributed by atoms with E-state index in [1.54, 1.807) is 0 Å². The predicted molar refractivity (Wildman–Crippen MR) is 116 cm³/mol. The van der Waals surface area contributed by atoms with E-state index in [4.69, 9.17) is 4.84 Å². The lowest BCUT2D eigenvalue weighted by molar-refractivity contribution is -0.140. The third kappa shape index (κ3) is 5.19. The summed E-state index contributed by atoms with van der Waals surface area (Å²) in [6, 6.07) is 1.33. The SMILES string of the molecule is C=C[C@@H]1C[C@H](C)C[C@H](C)[C@H]1c1c(O)ccn(O[C@H](C(=C)C(=O)OC)[C@H](O)[C@@H](C)O)c1=O. The first kappa shape index (κ1) is 24.7. The van der Waals surface area contributed by atoms with E-state index < -0.39 is 29.8 Å². The van der Waals surface area contributed by atoms with E-state index in [-0.39, 0.29) is 34.6 Å². The number of hydrogen-bond donors (Lipinski definition) is 3. The Morgan fingerprint density at radius 2 is 1.97 bits per heavy atom. The van der Waals surface area contributed by atoms with Crippen molar-refractivity contribution >= 4 is 5.97 Å². The lowest BCUT2D eigenvalue weighted by Crippen LogP contribution is -2.48. The molecule has 2 rings (SSSR count). The average molecular weight is 436 g/mol. The van der Waals surface area contributed by atoms with Crippen molar-refractivity contribution in [3.8, 4) is 5.75 Å². The first-order valence-electron chi connectivity index (χ1n) is 10.4. The zero-order valence-corrected chi connectivity index (χ0v) is 18.5. The minimum atomic E-state index is -1.55. The van der Waals surface area contributed by atoms with Gasteiger partial charge in [-0.25, -0.2) is 4.79 Å². The summed E-state index contributed by atoms with van der Waals surface area (Å²) < 4.78 is 5.48. The molecule has 31 heavy (non-hydrogen) atoms. The highest BCUT2D eigenvalue weighted by Gasteiger charge is 2.38. The number of ether oxygens (including phenoxy) is 1. The first-order chi connectivity index (χ1) is 14.5. The maximum absolute atomic E-state index is 13.3. The van der Waals surface area contributed by atoms with Crippen molar-refractivity contribution in [2.75, 3.05) is 7.11 Å². The Hall–Kier alpha value is -2.58. The molecule has 0 amide bonds. The van der Waals surface area contributed by atoms with Crippen LogP contribution in [0.25, 0.3) is 0 Å². The van der Waals surface area contributed by atoms with E-state index in [1.807, 2.05) is 13.0 Å². The molecule has 172 valence electrons. The zero-order chi connectivity index (χ0) is 23.5. The first-order valence-corrected chi connectivity index (χ1v) is 10.4. The van der Waals surface area contributed by atoms with Gasteiger partial charge in [-0.1, -0.05) is 26.5 Å². The summed E-state index contributed by atoms with van der Waals surface area (Å²) in [6.07, 6.45) is 0.484. The van der Waals surface area contributed by atoms with Crippen LogP contribution in [0.3, 0.4) is 0 Å². The van der Waals surface area contributed by atoms with E-state index in [2.05, 4.69) is 24.8 Å². The van der Waals surface area contributed by atoms with E-state index in [9.17, 15) is 24.9 Å². The van der Waals surface area contributed by atoms with Gasteiger partial charge in [-0.15, -0.1) is 6.58 Å². The van der Waals surface area contributed by atoms with Gasteiger partial charge in [0.15, 0.2) is 6.10 Å². The topological polar surface area (TPSA) is 118 Å². The van der Waals surface area contributed by atoms with Gasteiger partial charge in [0.1, 0.15) is 11.9 Å². The van der Waals surface area contributed by atoms with Crippen LogP contribution in [0.4, 0.5) is 0 Å². The molecule has 0 unspecified atom stereocenters. The van der Waals surface area contributed by atoms with Crippen molar-refractivity contribution in [2.24, 2.45) is 17.8 Å². The van der Waals surface area contributed by atoms with Gasteiger partial charge in [-0.3, -0.25) is 4.79 Å². The van der Waals surface area contributed by atoms with Gasteiger partial charge in [-0.05, 0) is 37.5 Å². The molecule has 0 aliphatic heterocycles. The smallest absolute Gasteiger partial charge is 0.337 e. The van der Waals surface area contributed by atoms with E-state index >= 15 is 0 Å². The summed E-state index contributed by atoms with van der Waals surface area (Å²) in [7, 11) is 1.14. The molecule has 1 fully saturated rings. The number of methoxy groups -OCH3 is 1. The maximum Gasteiger partial charge on any atom is 0.337 e. The van der Waals surface area contributed by atoms with Gasteiger partial charge in [0.2, 0.25) is 0 Å². The van der Waals surface area contributed by atoms with Crippen LogP contribution in [0.1, 0.15) is 45.1 Å². The quantitative estimate of drug-likeness (QED) is 0.324. The number of carbonyl (C=O) groups excluding carboxylic acids is 1. The summed E-state index contributed by atoms with van der Waals surface area (Å²) in [6.45, 7) is 13.0. The second kappa shape index (κ2) is 10.2. The Morgan fingerprint density at radius 3 is 2.52 bits per heavy atom. The number of allylic oxidation sites excluding steroid dienone is 1. The summed E-state index contributed by atoms with van der Waals surface area (Å²) in [5, 5.41) is 30.7. The van der Waals surface area contributed by atoms with Gasteiger partial charge in [0.25, 0.3) is 5.56 Å². The van der Waals surface area contributed by atoms with Gasteiger partial charge >= 0.3 is 5.97 Å². The minimum Gasteiger partial charge on any atom is -0.507 e.